The molecule has 0 aliphatic heterocycles. The first-order chi connectivity index (χ1) is 6.40. The number of aliphatic carboxylic acids is 1. The highest BCUT2D eigenvalue weighted by Crippen LogP contribution is 1.91. The van der Waals surface area contributed by atoms with Crippen LogP contribution in [0.4, 0.5) is 0 Å². The van der Waals surface area contributed by atoms with E-state index in [0.29, 0.717) is 6.61 Å². The highest BCUT2D eigenvalue weighted by molar-refractivity contribution is 5.76. The molecule has 0 aliphatic carbocycles. The molecule has 0 rings (SSSR count). The highest BCUT2D eigenvalue weighted by atomic mass is 16.5. The lowest BCUT2D eigenvalue weighted by Crippen LogP contribution is -2.06. The van der Waals surface area contributed by atoms with Crippen molar-refractivity contribution in [2.24, 2.45) is 0 Å². The molecule has 0 atom stereocenters. The molecule has 0 aliphatic rings. The second kappa shape index (κ2) is 9.70. The van der Waals surface area contributed by atoms with Crippen LogP contribution in [0.5, 0.6) is 0 Å². The number of ketones is 1. The van der Waals surface area contributed by atoms with Crippen molar-refractivity contribution in [2.75, 3.05) is 6.61 Å². The second-order valence-electron chi connectivity index (χ2n) is 2.61. The summed E-state index contributed by atoms with van der Waals surface area (Å²) in [6, 6.07) is 0. The maximum Gasteiger partial charge on any atom is 0.306 e. The topological polar surface area (TPSA) is 80.7 Å². The van der Waals surface area contributed by atoms with Gasteiger partial charge in [-0.05, 0) is 20.8 Å². The van der Waals surface area contributed by atoms with Crippen LogP contribution in [0.25, 0.3) is 0 Å². The number of rotatable bonds is 4. The summed E-state index contributed by atoms with van der Waals surface area (Å²) in [5.41, 5.74) is 0. The van der Waals surface area contributed by atoms with Crippen molar-refractivity contribution in [3.63, 3.8) is 0 Å². The van der Waals surface area contributed by atoms with Crippen molar-refractivity contribution in [1.82, 2.24) is 0 Å². The van der Waals surface area contributed by atoms with Gasteiger partial charge in [-0.3, -0.25) is 9.59 Å². The van der Waals surface area contributed by atoms with Gasteiger partial charge < -0.3 is 14.6 Å². The molecule has 0 saturated heterocycles. The zero-order valence-electron chi connectivity index (χ0n) is 8.70. The average molecular weight is 204 g/mol. The van der Waals surface area contributed by atoms with Gasteiger partial charge in [-0.25, -0.2) is 0 Å². The van der Waals surface area contributed by atoms with Crippen LogP contribution in [-0.2, 0) is 19.1 Å². The summed E-state index contributed by atoms with van der Waals surface area (Å²) in [5, 5.41) is 8.12. The Kier molecular flexibility index (Phi) is 10.5. The van der Waals surface area contributed by atoms with E-state index in [9.17, 15) is 14.4 Å². The summed E-state index contributed by atoms with van der Waals surface area (Å²) < 4.78 is 4.49. The van der Waals surface area contributed by atoms with Gasteiger partial charge in [0, 0.05) is 0 Å². The number of hydrogen-bond donors (Lipinski definition) is 1. The highest BCUT2D eigenvalue weighted by Gasteiger charge is 2.04. The minimum Gasteiger partial charge on any atom is -0.481 e. The normalized spacial score (nSPS) is 8.21. The van der Waals surface area contributed by atoms with E-state index in [0.717, 1.165) is 0 Å². The predicted molar refractivity (Wildman–Crippen MR) is 49.9 cm³/mol. The van der Waals surface area contributed by atoms with Crippen LogP contribution in [-0.4, -0.2) is 29.4 Å². The number of carbonyl (C=O) groups excluding carboxylic acids is 2. The van der Waals surface area contributed by atoms with Gasteiger partial charge in [0.2, 0.25) is 0 Å². The third kappa shape index (κ3) is 22.4. The second-order valence-corrected chi connectivity index (χ2v) is 2.61. The summed E-state index contributed by atoms with van der Waals surface area (Å²) in [5.74, 6) is -1.27. The zero-order chi connectivity index (χ0) is 11.6. The van der Waals surface area contributed by atoms with Crippen LogP contribution in [0.2, 0.25) is 0 Å². The Hall–Kier alpha value is -1.39. The molecule has 5 nitrogen and oxygen atoms in total. The van der Waals surface area contributed by atoms with Crippen LogP contribution in [0.15, 0.2) is 0 Å². The first-order valence-corrected chi connectivity index (χ1v) is 4.24. The van der Waals surface area contributed by atoms with Gasteiger partial charge >= 0.3 is 11.9 Å². The van der Waals surface area contributed by atoms with Gasteiger partial charge in [0.15, 0.2) is 0 Å². The maximum atomic E-state index is 10.5. The Morgan fingerprint density at radius 2 is 1.57 bits per heavy atom. The number of hydrogen-bond acceptors (Lipinski definition) is 4. The summed E-state index contributed by atoms with van der Waals surface area (Å²) >= 11 is 0. The molecule has 0 amide bonds. The summed E-state index contributed by atoms with van der Waals surface area (Å²) in [4.78, 5) is 29.8. The molecule has 0 saturated carbocycles. The minimum atomic E-state index is -0.979. The van der Waals surface area contributed by atoms with Crippen LogP contribution in [0.3, 0.4) is 0 Å². The van der Waals surface area contributed by atoms with E-state index in [-0.39, 0.29) is 18.6 Å². The molecule has 0 aromatic carbocycles. The Bertz CT molecular complexity index is 193. The van der Waals surface area contributed by atoms with Crippen molar-refractivity contribution in [3.05, 3.63) is 0 Å². The van der Waals surface area contributed by atoms with Crippen molar-refractivity contribution >= 4 is 17.7 Å². The van der Waals surface area contributed by atoms with Crippen LogP contribution in [0.1, 0.15) is 33.6 Å². The fraction of sp³-hybridized carbons (Fsp3) is 0.667. The monoisotopic (exact) mass is 204 g/mol. The van der Waals surface area contributed by atoms with E-state index in [2.05, 4.69) is 4.74 Å². The van der Waals surface area contributed by atoms with Crippen molar-refractivity contribution in [2.45, 2.75) is 33.6 Å². The largest absolute Gasteiger partial charge is 0.481 e. The molecule has 1 N–H and O–H groups in total. The lowest BCUT2D eigenvalue weighted by molar-refractivity contribution is -0.147. The molecule has 0 aromatic rings. The van der Waals surface area contributed by atoms with Crippen molar-refractivity contribution in [1.29, 1.82) is 0 Å². The van der Waals surface area contributed by atoms with E-state index in [1.165, 1.54) is 13.8 Å². The smallest absolute Gasteiger partial charge is 0.306 e. The number of carboxylic acid groups (broad SMARTS) is 1. The van der Waals surface area contributed by atoms with E-state index in [1.54, 1.807) is 6.92 Å². The summed E-state index contributed by atoms with van der Waals surface area (Å²) in [6.07, 6.45) is -0.192. The Labute approximate surface area is 83.1 Å². The number of carbonyl (C=O) groups is 3. The molecule has 82 valence electrons. The standard InChI is InChI=1S/C6H10O4.C3H6O/c1-2-10-6(9)4-3-5(7)8;1-3(2)4/h2-4H2,1H3,(H,7,8);1-2H3. The minimum absolute atomic E-state index is 0.0385. The third-order valence-corrected chi connectivity index (χ3v) is 0.848. The molecule has 5 heteroatoms. The van der Waals surface area contributed by atoms with Crippen LogP contribution in [0, 0.1) is 0 Å². The molecule has 0 spiro atoms. The molecular weight excluding hydrogens is 188 g/mol. The van der Waals surface area contributed by atoms with Gasteiger partial charge in [-0.15, -0.1) is 0 Å². The number of Topliss-reactive ketones (excluding diaryl/α,β-unsaturated/α-hetero) is 1. The first-order valence-electron chi connectivity index (χ1n) is 4.24. The predicted octanol–water partition coefficient (Wildman–Crippen LogP) is 1.01. The van der Waals surface area contributed by atoms with E-state index < -0.39 is 11.9 Å². The summed E-state index contributed by atoms with van der Waals surface area (Å²) in [7, 11) is 0. The quantitative estimate of drug-likeness (QED) is 0.691. The van der Waals surface area contributed by atoms with Gasteiger partial charge in [0.1, 0.15) is 5.78 Å². The lowest BCUT2D eigenvalue weighted by atomic mass is 10.3. The van der Waals surface area contributed by atoms with Crippen LogP contribution >= 0.6 is 0 Å². The first kappa shape index (κ1) is 15.1. The zero-order valence-corrected chi connectivity index (χ0v) is 8.70. The SMILES string of the molecule is CC(C)=O.CCOC(=O)CCC(=O)O. The van der Waals surface area contributed by atoms with Gasteiger partial charge in [-0.1, -0.05) is 0 Å². The van der Waals surface area contributed by atoms with Gasteiger partial charge in [0.05, 0.1) is 19.4 Å². The van der Waals surface area contributed by atoms with E-state index in [4.69, 9.17) is 5.11 Å². The van der Waals surface area contributed by atoms with Gasteiger partial charge in [0.25, 0.3) is 0 Å². The van der Waals surface area contributed by atoms with Gasteiger partial charge in [-0.2, -0.15) is 0 Å². The third-order valence-electron chi connectivity index (χ3n) is 0.848. The summed E-state index contributed by atoms with van der Waals surface area (Å²) in [6.45, 7) is 5.04. The number of ether oxygens (including phenoxy) is 1. The number of carboxylic acids is 1. The van der Waals surface area contributed by atoms with Crippen molar-refractivity contribution in [3.8, 4) is 0 Å². The Morgan fingerprint density at radius 1 is 1.14 bits per heavy atom. The fourth-order valence-corrected chi connectivity index (χ4v) is 0.442. The Morgan fingerprint density at radius 3 is 1.86 bits per heavy atom. The Balaban J connectivity index is 0. The maximum absolute atomic E-state index is 10.5. The molecule has 0 fully saturated rings. The molecule has 0 radical (unpaired) electrons. The molecule has 0 unspecified atom stereocenters. The fourth-order valence-electron chi connectivity index (χ4n) is 0.442. The van der Waals surface area contributed by atoms with Crippen LogP contribution < -0.4 is 0 Å². The van der Waals surface area contributed by atoms with Crippen molar-refractivity contribution < 1.29 is 24.2 Å². The molecule has 0 aromatic heterocycles. The average Bonchev–Trinajstić information content (AvgIpc) is 2.00. The molecule has 14 heavy (non-hydrogen) atoms. The lowest BCUT2D eigenvalue weighted by Gasteiger charge is -1.97. The molecular formula is C9H16O5. The molecule has 0 bridgehead atoms. The van der Waals surface area contributed by atoms with E-state index >= 15 is 0 Å². The number of esters is 1. The molecule has 0 heterocycles. The van der Waals surface area contributed by atoms with E-state index in [1.807, 2.05) is 0 Å².